The van der Waals surface area contributed by atoms with Gasteiger partial charge in [-0.15, -0.1) is 0 Å². The largest absolute Gasteiger partial charge is 0.496 e. The van der Waals surface area contributed by atoms with E-state index in [9.17, 15) is 9.18 Å². The van der Waals surface area contributed by atoms with Crippen molar-refractivity contribution in [1.29, 1.82) is 0 Å². The zero-order valence-corrected chi connectivity index (χ0v) is 13.5. The molecule has 0 aliphatic rings. The molecule has 2 amide bonds. The van der Waals surface area contributed by atoms with E-state index in [1.165, 1.54) is 13.2 Å². The van der Waals surface area contributed by atoms with Crippen LogP contribution in [0.2, 0.25) is 5.15 Å². The normalized spacial score (nSPS) is 11.7. The van der Waals surface area contributed by atoms with Crippen molar-refractivity contribution in [3.63, 3.8) is 0 Å². The van der Waals surface area contributed by atoms with E-state index in [1.54, 1.807) is 37.4 Å². The van der Waals surface area contributed by atoms with E-state index in [-0.39, 0.29) is 6.54 Å². The molecule has 1 aromatic heterocycles. The van der Waals surface area contributed by atoms with Crippen LogP contribution in [0.1, 0.15) is 24.1 Å². The van der Waals surface area contributed by atoms with Crippen molar-refractivity contribution in [2.45, 2.75) is 19.5 Å². The van der Waals surface area contributed by atoms with Crippen LogP contribution in [0, 0.1) is 5.82 Å². The van der Waals surface area contributed by atoms with Gasteiger partial charge >= 0.3 is 6.03 Å². The minimum absolute atomic E-state index is 0.289. The molecule has 2 rings (SSSR count). The number of rotatable bonds is 5. The Morgan fingerprint density at radius 1 is 1.39 bits per heavy atom. The van der Waals surface area contributed by atoms with Gasteiger partial charge in [0.05, 0.1) is 18.7 Å². The summed E-state index contributed by atoms with van der Waals surface area (Å²) in [7, 11) is 1.46. The average molecular weight is 338 g/mol. The molecule has 0 saturated carbocycles. The molecule has 1 heterocycles. The number of nitrogens with one attached hydrogen (secondary N) is 2. The topological polar surface area (TPSA) is 63.2 Å². The summed E-state index contributed by atoms with van der Waals surface area (Å²) in [4.78, 5) is 15.9. The number of amides is 2. The molecule has 0 fully saturated rings. The molecular formula is C16H17ClFN3O2. The van der Waals surface area contributed by atoms with Gasteiger partial charge in [-0.2, -0.15) is 0 Å². The number of carbonyl (C=O) groups is 1. The summed E-state index contributed by atoms with van der Waals surface area (Å²) in [5.74, 6) is -0.0428. The molecule has 7 heteroatoms. The molecule has 0 unspecified atom stereocenters. The Bertz CT molecular complexity index is 680. The van der Waals surface area contributed by atoms with E-state index in [2.05, 4.69) is 15.6 Å². The van der Waals surface area contributed by atoms with Crippen LogP contribution >= 0.6 is 11.6 Å². The van der Waals surface area contributed by atoms with Crippen LogP contribution in [0.25, 0.3) is 0 Å². The Hall–Kier alpha value is -2.34. The fourth-order valence-corrected chi connectivity index (χ4v) is 2.24. The summed E-state index contributed by atoms with van der Waals surface area (Å²) < 4.78 is 19.1. The summed E-state index contributed by atoms with van der Waals surface area (Å²) in [6.07, 6.45) is 1.58. The Kier molecular flexibility index (Phi) is 5.76. The van der Waals surface area contributed by atoms with Gasteiger partial charge in [-0.1, -0.05) is 23.7 Å². The van der Waals surface area contributed by atoms with Gasteiger partial charge < -0.3 is 15.4 Å². The lowest BCUT2D eigenvalue weighted by molar-refractivity contribution is 0.237. The molecule has 2 aromatic rings. The Morgan fingerprint density at radius 3 is 2.83 bits per heavy atom. The SMILES string of the molecule is COc1cccc(F)c1[C@@H](C)NC(=O)NCc1ccc(Cl)nc1. The fourth-order valence-electron chi connectivity index (χ4n) is 2.13. The summed E-state index contributed by atoms with van der Waals surface area (Å²) in [5, 5.41) is 5.74. The fraction of sp³-hybridized carbons (Fsp3) is 0.250. The van der Waals surface area contributed by atoms with Crippen molar-refractivity contribution < 1.29 is 13.9 Å². The molecule has 0 saturated heterocycles. The van der Waals surface area contributed by atoms with Crippen LogP contribution in [0.4, 0.5) is 9.18 Å². The maximum atomic E-state index is 14.0. The Balaban J connectivity index is 1.96. The van der Waals surface area contributed by atoms with Crippen LogP contribution in [-0.4, -0.2) is 18.1 Å². The van der Waals surface area contributed by atoms with Crippen molar-refractivity contribution in [3.05, 3.63) is 58.6 Å². The molecule has 1 aromatic carbocycles. The molecule has 0 aliphatic heterocycles. The average Bonchev–Trinajstić information content (AvgIpc) is 2.53. The maximum absolute atomic E-state index is 14.0. The summed E-state index contributed by atoms with van der Waals surface area (Å²) >= 11 is 5.70. The Labute approximate surface area is 138 Å². The van der Waals surface area contributed by atoms with Gasteiger partial charge in [0, 0.05) is 12.7 Å². The van der Waals surface area contributed by atoms with Crippen molar-refractivity contribution in [1.82, 2.24) is 15.6 Å². The molecule has 122 valence electrons. The van der Waals surface area contributed by atoms with E-state index in [0.29, 0.717) is 16.5 Å². The van der Waals surface area contributed by atoms with Crippen molar-refractivity contribution in [2.75, 3.05) is 7.11 Å². The second-order valence-corrected chi connectivity index (χ2v) is 5.28. The zero-order valence-electron chi connectivity index (χ0n) is 12.8. The number of hydrogen-bond acceptors (Lipinski definition) is 3. The first-order chi connectivity index (χ1) is 11.0. The highest BCUT2D eigenvalue weighted by molar-refractivity contribution is 6.29. The quantitative estimate of drug-likeness (QED) is 0.821. The Morgan fingerprint density at radius 2 is 2.17 bits per heavy atom. The van der Waals surface area contributed by atoms with Gasteiger partial charge in [0.1, 0.15) is 16.7 Å². The highest BCUT2D eigenvalue weighted by Crippen LogP contribution is 2.27. The van der Waals surface area contributed by atoms with Gasteiger partial charge in [0.25, 0.3) is 0 Å². The lowest BCUT2D eigenvalue weighted by atomic mass is 10.1. The van der Waals surface area contributed by atoms with E-state index in [1.807, 2.05) is 0 Å². The number of nitrogens with zero attached hydrogens (tertiary/aromatic N) is 1. The third-order valence-electron chi connectivity index (χ3n) is 3.26. The van der Waals surface area contributed by atoms with Gasteiger partial charge in [0.15, 0.2) is 0 Å². The first kappa shape index (κ1) is 17.0. The number of methoxy groups -OCH3 is 1. The number of carbonyl (C=O) groups excluding carboxylic acids is 1. The monoisotopic (exact) mass is 337 g/mol. The number of ether oxygens (including phenoxy) is 1. The second kappa shape index (κ2) is 7.78. The molecule has 1 atom stereocenters. The number of benzene rings is 1. The zero-order chi connectivity index (χ0) is 16.8. The number of halogens is 2. The smallest absolute Gasteiger partial charge is 0.315 e. The molecular weight excluding hydrogens is 321 g/mol. The number of aromatic nitrogens is 1. The van der Waals surface area contributed by atoms with Crippen LogP contribution in [-0.2, 0) is 6.54 Å². The lowest BCUT2D eigenvalue weighted by Crippen LogP contribution is -2.37. The number of pyridine rings is 1. The third kappa shape index (κ3) is 4.56. The van der Waals surface area contributed by atoms with Crippen LogP contribution in [0.3, 0.4) is 0 Å². The van der Waals surface area contributed by atoms with Crippen molar-refractivity contribution in [2.24, 2.45) is 0 Å². The molecule has 0 radical (unpaired) electrons. The first-order valence-corrected chi connectivity index (χ1v) is 7.36. The number of hydrogen-bond donors (Lipinski definition) is 2. The minimum atomic E-state index is -0.547. The van der Waals surface area contributed by atoms with Gasteiger partial charge in [0.2, 0.25) is 0 Å². The maximum Gasteiger partial charge on any atom is 0.315 e. The van der Waals surface area contributed by atoms with Gasteiger partial charge in [-0.3, -0.25) is 0 Å². The molecule has 2 N–H and O–H groups in total. The first-order valence-electron chi connectivity index (χ1n) is 6.98. The highest BCUT2D eigenvalue weighted by atomic mass is 35.5. The van der Waals surface area contributed by atoms with E-state index in [0.717, 1.165) is 5.56 Å². The molecule has 0 bridgehead atoms. The predicted molar refractivity (Wildman–Crippen MR) is 86.0 cm³/mol. The van der Waals surface area contributed by atoms with E-state index in [4.69, 9.17) is 16.3 Å². The van der Waals surface area contributed by atoms with Crippen LogP contribution in [0.5, 0.6) is 5.75 Å². The van der Waals surface area contributed by atoms with Crippen LogP contribution in [0.15, 0.2) is 36.5 Å². The summed E-state index contributed by atoms with van der Waals surface area (Å²) in [6.45, 7) is 1.97. The third-order valence-corrected chi connectivity index (χ3v) is 3.48. The lowest BCUT2D eigenvalue weighted by Gasteiger charge is -2.18. The van der Waals surface area contributed by atoms with Gasteiger partial charge in [-0.05, 0) is 30.7 Å². The molecule has 0 aliphatic carbocycles. The second-order valence-electron chi connectivity index (χ2n) is 4.89. The number of urea groups is 1. The minimum Gasteiger partial charge on any atom is -0.496 e. The molecule has 23 heavy (non-hydrogen) atoms. The summed E-state index contributed by atoms with van der Waals surface area (Å²) in [6, 6.07) is 6.97. The van der Waals surface area contributed by atoms with E-state index >= 15 is 0 Å². The van der Waals surface area contributed by atoms with Crippen molar-refractivity contribution in [3.8, 4) is 5.75 Å². The van der Waals surface area contributed by atoms with E-state index < -0.39 is 17.9 Å². The molecule has 0 spiro atoms. The highest BCUT2D eigenvalue weighted by Gasteiger charge is 2.18. The van der Waals surface area contributed by atoms with Gasteiger partial charge in [-0.25, -0.2) is 14.2 Å². The standard InChI is InChI=1S/C16H17ClFN3O2/c1-10(15-12(18)4-3-5-13(15)23-2)21-16(22)20-9-11-6-7-14(17)19-8-11/h3-8,10H,9H2,1-2H3,(H2,20,21,22)/t10-/m1/s1. The molecule has 5 nitrogen and oxygen atoms in total. The van der Waals surface area contributed by atoms with Crippen molar-refractivity contribution >= 4 is 17.6 Å². The summed E-state index contributed by atoms with van der Waals surface area (Å²) in [5.41, 5.74) is 1.11. The van der Waals surface area contributed by atoms with Crippen LogP contribution < -0.4 is 15.4 Å². The predicted octanol–water partition coefficient (Wildman–Crippen LogP) is 3.44.